The highest BCUT2D eigenvalue weighted by atomic mass is 15.1. The number of benzene rings is 9. The number of nitrogens with zero attached hydrogens (tertiary/aromatic N) is 1. The first kappa shape index (κ1) is 20.1. The Hall–Kier alpha value is -6.70. The summed E-state index contributed by atoms with van der Waals surface area (Å²) in [5, 5.41) is 3.34. The zero-order valence-electron chi connectivity index (χ0n) is 39.2. The van der Waals surface area contributed by atoms with Crippen molar-refractivity contribution < 1.29 is 16.4 Å². The van der Waals surface area contributed by atoms with E-state index in [1.165, 1.54) is 0 Å². The summed E-state index contributed by atoms with van der Waals surface area (Å²) in [5.74, 6) is 0. The number of hydrogen-bond acceptors (Lipinski definition) is 1. The molecule has 0 aliphatic heterocycles. The van der Waals surface area contributed by atoms with E-state index in [1.807, 2.05) is 97.1 Å². The largest absolute Gasteiger partial charge is 0.310 e. The third-order valence-corrected chi connectivity index (χ3v) is 8.86. The van der Waals surface area contributed by atoms with Gasteiger partial charge in [0.1, 0.15) is 0 Å². The number of fused-ring (bicyclic) bond motifs is 2. The van der Waals surface area contributed by atoms with Crippen molar-refractivity contribution in [2.75, 3.05) is 4.90 Å². The van der Waals surface area contributed by atoms with Crippen LogP contribution in [0.4, 0.5) is 17.1 Å². The topological polar surface area (TPSA) is 3.24 Å². The molecule has 0 saturated carbocycles. The molecule has 240 valence electrons. The van der Waals surface area contributed by atoms with Gasteiger partial charge < -0.3 is 4.90 Å². The van der Waals surface area contributed by atoms with Crippen LogP contribution >= 0.6 is 0 Å². The van der Waals surface area contributed by atoms with Gasteiger partial charge in [-0.25, -0.2) is 0 Å². The molecule has 0 atom stereocenters. The van der Waals surface area contributed by atoms with Gasteiger partial charge in [-0.05, 0) is 114 Å². The normalized spacial score (nSPS) is 14.4. The van der Waals surface area contributed by atoms with E-state index < -0.39 is 89.6 Å². The highest BCUT2D eigenvalue weighted by molar-refractivity contribution is 5.90. The summed E-state index contributed by atoms with van der Waals surface area (Å²) in [5.41, 5.74) is 1.12. The van der Waals surface area contributed by atoms with E-state index in [2.05, 4.69) is 0 Å². The smallest absolute Gasteiger partial charge is 0.0651 e. The maximum Gasteiger partial charge on any atom is 0.0651 e. The lowest BCUT2D eigenvalue weighted by atomic mass is 9.99. The molecule has 0 aliphatic carbocycles. The summed E-state index contributed by atoms with van der Waals surface area (Å²) >= 11 is 0. The van der Waals surface area contributed by atoms with Crippen molar-refractivity contribution in [1.29, 1.82) is 0 Å². The molecule has 9 aromatic carbocycles. The second-order valence-corrected chi connectivity index (χ2v) is 12.1. The van der Waals surface area contributed by atoms with E-state index >= 15 is 0 Å². The molecule has 0 fully saturated rings. The summed E-state index contributed by atoms with van der Waals surface area (Å²) in [6.45, 7) is 0. The van der Waals surface area contributed by atoms with Crippen molar-refractivity contribution in [3.05, 3.63) is 212 Å². The highest BCUT2D eigenvalue weighted by Gasteiger charge is 2.15. The van der Waals surface area contributed by atoms with E-state index in [-0.39, 0.29) is 16.7 Å². The van der Waals surface area contributed by atoms with Gasteiger partial charge in [0, 0.05) is 17.1 Å². The average Bonchev–Trinajstić information content (AvgIpc) is 3.30. The lowest BCUT2D eigenvalue weighted by molar-refractivity contribution is 1.28. The van der Waals surface area contributed by atoms with Crippen molar-refractivity contribution in [2.45, 2.75) is 0 Å². The molecule has 9 aromatic rings. The third kappa shape index (κ3) is 6.18. The number of anilines is 3. The summed E-state index contributed by atoms with van der Waals surface area (Å²) < 4.78 is 113. The van der Waals surface area contributed by atoms with E-state index in [4.69, 9.17) is 2.74 Å². The standard InChI is InChI=1S/C50H35N/c1-2-9-36(10-3-1)39-17-19-40(20-18-39)41-25-29-48(30-26-41)51(49-31-27-42(28-32-49)46-23-21-37-11-4-6-13-43(37)33-46)50-16-8-15-45(35-50)47-24-22-38-12-5-7-14-44(38)34-47/h1-35H/i8D,15D,16D,25D,26D,27D,28D,29D,30D,31D,32D,35D. The van der Waals surface area contributed by atoms with Crippen LogP contribution in [0.5, 0.6) is 0 Å². The Bertz CT molecular complexity index is 3260. The molecule has 51 heavy (non-hydrogen) atoms. The van der Waals surface area contributed by atoms with Gasteiger partial charge in [-0.1, -0.05) is 164 Å². The fraction of sp³-hybridized carbons (Fsp3) is 0. The fourth-order valence-electron chi connectivity index (χ4n) is 6.20. The van der Waals surface area contributed by atoms with Crippen molar-refractivity contribution in [2.24, 2.45) is 0 Å². The van der Waals surface area contributed by atoms with Crippen LogP contribution in [0.1, 0.15) is 16.4 Å². The maximum absolute atomic E-state index is 9.72. The first-order chi connectivity index (χ1) is 30.3. The molecule has 1 nitrogen and oxygen atoms in total. The van der Waals surface area contributed by atoms with Crippen molar-refractivity contribution in [3.8, 4) is 44.5 Å². The molecule has 0 unspecified atom stereocenters. The first-order valence-corrected chi connectivity index (χ1v) is 16.5. The van der Waals surface area contributed by atoms with Crippen LogP contribution in [0.15, 0.2) is 212 Å². The zero-order chi connectivity index (χ0) is 44.4. The van der Waals surface area contributed by atoms with Crippen LogP contribution in [0.2, 0.25) is 0 Å². The molecule has 9 rings (SSSR count). The maximum atomic E-state index is 9.72. The fourth-order valence-corrected chi connectivity index (χ4v) is 6.20. The minimum Gasteiger partial charge on any atom is -0.310 e. The second-order valence-electron chi connectivity index (χ2n) is 12.1. The minimum atomic E-state index is -0.720. The van der Waals surface area contributed by atoms with Crippen LogP contribution in [0.3, 0.4) is 0 Å². The average molecular weight is 662 g/mol. The molecule has 0 bridgehead atoms. The molecular formula is C50H35N. The Morgan fingerprint density at radius 2 is 0.725 bits per heavy atom. The van der Waals surface area contributed by atoms with E-state index in [0.717, 1.165) is 37.6 Å². The van der Waals surface area contributed by atoms with Gasteiger partial charge in [0.25, 0.3) is 0 Å². The first-order valence-electron chi connectivity index (χ1n) is 22.5. The molecule has 0 N–H and O–H groups in total. The molecule has 1 heteroatoms. The zero-order valence-corrected chi connectivity index (χ0v) is 27.2. The lowest BCUT2D eigenvalue weighted by Gasteiger charge is -2.26. The number of rotatable bonds is 7. The monoisotopic (exact) mass is 661 g/mol. The van der Waals surface area contributed by atoms with Gasteiger partial charge in [-0.3, -0.25) is 0 Å². The molecule has 0 spiro atoms. The predicted octanol–water partition coefficient (Wildman–Crippen LogP) is 14.1. The molecule has 0 aliphatic rings. The van der Waals surface area contributed by atoms with Crippen LogP contribution in [-0.2, 0) is 0 Å². The molecule has 0 amide bonds. The minimum absolute atomic E-state index is 0.0370. The van der Waals surface area contributed by atoms with Gasteiger partial charge in [-0.2, -0.15) is 0 Å². The third-order valence-electron chi connectivity index (χ3n) is 8.86. The van der Waals surface area contributed by atoms with Crippen molar-refractivity contribution in [1.82, 2.24) is 0 Å². The summed E-state index contributed by atoms with van der Waals surface area (Å²) in [6, 6.07) is 35.1. The summed E-state index contributed by atoms with van der Waals surface area (Å²) in [7, 11) is 0. The summed E-state index contributed by atoms with van der Waals surface area (Å²) in [4.78, 5) is 0.890. The van der Waals surface area contributed by atoms with Gasteiger partial charge in [-0.15, -0.1) is 0 Å². The molecular weight excluding hydrogens is 615 g/mol. The highest BCUT2D eigenvalue weighted by Crippen LogP contribution is 2.39. The Labute approximate surface area is 316 Å². The molecule has 0 radical (unpaired) electrons. The van der Waals surface area contributed by atoms with Crippen molar-refractivity contribution in [3.63, 3.8) is 0 Å². The van der Waals surface area contributed by atoms with Gasteiger partial charge in [0.05, 0.1) is 16.4 Å². The Kier molecular flexibility index (Phi) is 5.24. The van der Waals surface area contributed by atoms with E-state index in [1.54, 1.807) is 42.5 Å². The molecule has 0 heterocycles. The van der Waals surface area contributed by atoms with Gasteiger partial charge >= 0.3 is 0 Å². The van der Waals surface area contributed by atoms with Crippen LogP contribution in [0.25, 0.3) is 66.1 Å². The lowest BCUT2D eigenvalue weighted by Crippen LogP contribution is -2.10. The molecule has 0 aromatic heterocycles. The van der Waals surface area contributed by atoms with Crippen molar-refractivity contribution >= 4 is 38.6 Å². The SMILES string of the molecule is [2H]c1c([2H])c(-c2ccc3ccccc3c2)c([2H])c(N(c2c([2H])c([2H])c(-c3ccc(-c4ccccc4)cc3)c([2H])c2[2H])c2c([2H])c([2H])c(-c3ccc4ccccc4c3)c([2H])c2[2H])c1[2H]. The van der Waals surface area contributed by atoms with Crippen LogP contribution in [-0.4, -0.2) is 0 Å². The van der Waals surface area contributed by atoms with E-state index in [0.29, 0.717) is 16.7 Å². The van der Waals surface area contributed by atoms with Gasteiger partial charge in [0.2, 0.25) is 0 Å². The number of hydrogen-bond donors (Lipinski definition) is 0. The van der Waals surface area contributed by atoms with Crippen LogP contribution < -0.4 is 4.90 Å². The Morgan fingerprint density at radius 1 is 0.294 bits per heavy atom. The second kappa shape index (κ2) is 13.3. The Morgan fingerprint density at radius 3 is 1.29 bits per heavy atom. The Balaban J connectivity index is 1.33. The predicted molar refractivity (Wildman–Crippen MR) is 218 cm³/mol. The van der Waals surface area contributed by atoms with Crippen LogP contribution in [0, 0.1) is 0 Å². The van der Waals surface area contributed by atoms with Gasteiger partial charge in [0.15, 0.2) is 0 Å². The quantitative estimate of drug-likeness (QED) is 0.164. The summed E-state index contributed by atoms with van der Waals surface area (Å²) in [6.07, 6.45) is 0. The molecule has 0 saturated heterocycles. The van der Waals surface area contributed by atoms with E-state index in [9.17, 15) is 13.7 Å².